The molecule has 0 atom stereocenters. The average Bonchev–Trinajstić information content (AvgIpc) is 2.47. The molecule has 0 saturated carbocycles. The predicted molar refractivity (Wildman–Crippen MR) is 76.8 cm³/mol. The maximum absolute atomic E-state index is 12.2. The number of hydrogen-bond acceptors (Lipinski definition) is 4. The highest BCUT2D eigenvalue weighted by molar-refractivity contribution is 6.32. The van der Waals surface area contributed by atoms with E-state index in [1.807, 2.05) is 6.07 Å². The van der Waals surface area contributed by atoms with Gasteiger partial charge in [0.1, 0.15) is 0 Å². The van der Waals surface area contributed by atoms with Crippen LogP contribution in [0.5, 0.6) is 11.5 Å². The number of rotatable bonds is 5. The van der Waals surface area contributed by atoms with Crippen LogP contribution in [0.15, 0.2) is 36.5 Å². The highest BCUT2D eigenvalue weighted by Crippen LogP contribution is 2.36. The lowest BCUT2D eigenvalue weighted by molar-refractivity contribution is 0.0991. The van der Waals surface area contributed by atoms with Crippen LogP contribution in [0.3, 0.4) is 0 Å². The minimum absolute atomic E-state index is 0.0773. The quantitative estimate of drug-likeness (QED) is 0.794. The highest BCUT2D eigenvalue weighted by atomic mass is 35.5. The third-order valence-electron chi connectivity index (χ3n) is 2.82. The summed E-state index contributed by atoms with van der Waals surface area (Å²) >= 11 is 6.09. The average molecular weight is 292 g/mol. The van der Waals surface area contributed by atoms with Crippen LogP contribution >= 0.6 is 11.6 Å². The zero-order chi connectivity index (χ0) is 14.5. The molecule has 0 N–H and O–H groups in total. The third kappa shape index (κ3) is 3.08. The Bertz CT molecular complexity index is 614. The number of benzene rings is 1. The molecule has 0 fully saturated rings. The van der Waals surface area contributed by atoms with Gasteiger partial charge in [0.25, 0.3) is 0 Å². The number of methoxy groups -OCH3 is 2. The van der Waals surface area contributed by atoms with Gasteiger partial charge in [-0.1, -0.05) is 17.7 Å². The fourth-order valence-electron chi connectivity index (χ4n) is 1.85. The number of aromatic nitrogens is 1. The molecule has 0 amide bonds. The Labute approximate surface area is 122 Å². The van der Waals surface area contributed by atoms with Gasteiger partial charge in [0.15, 0.2) is 17.3 Å². The smallest absolute Gasteiger partial charge is 0.179 e. The maximum Gasteiger partial charge on any atom is 0.179 e. The van der Waals surface area contributed by atoms with E-state index < -0.39 is 0 Å². The van der Waals surface area contributed by atoms with Crippen molar-refractivity contribution in [2.24, 2.45) is 0 Å². The number of ketones is 1. The number of ether oxygens (including phenoxy) is 2. The molecule has 0 spiro atoms. The molecule has 4 nitrogen and oxygen atoms in total. The molecule has 0 unspecified atom stereocenters. The molecule has 0 saturated heterocycles. The van der Waals surface area contributed by atoms with Crippen molar-refractivity contribution in [3.8, 4) is 11.5 Å². The Morgan fingerprint density at radius 2 is 2.05 bits per heavy atom. The van der Waals surface area contributed by atoms with Crippen LogP contribution in [0.4, 0.5) is 0 Å². The van der Waals surface area contributed by atoms with Crippen LogP contribution < -0.4 is 9.47 Å². The number of pyridine rings is 1. The van der Waals surface area contributed by atoms with E-state index >= 15 is 0 Å². The second-order valence-electron chi connectivity index (χ2n) is 4.11. The molecule has 104 valence electrons. The Kier molecular flexibility index (Phi) is 4.58. The molecule has 1 aromatic heterocycles. The molecule has 2 rings (SSSR count). The molecule has 0 aliphatic rings. The molecule has 1 aromatic carbocycles. The van der Waals surface area contributed by atoms with Gasteiger partial charge in [-0.3, -0.25) is 9.78 Å². The topological polar surface area (TPSA) is 48.4 Å². The fraction of sp³-hybridized carbons (Fsp3) is 0.200. The maximum atomic E-state index is 12.2. The summed E-state index contributed by atoms with van der Waals surface area (Å²) in [5.74, 6) is 0.777. The molecular formula is C15H14ClNO3. The molecular weight excluding hydrogens is 278 g/mol. The summed E-state index contributed by atoms with van der Waals surface area (Å²) in [7, 11) is 3.00. The van der Waals surface area contributed by atoms with Gasteiger partial charge in [0.2, 0.25) is 0 Å². The largest absolute Gasteiger partial charge is 0.493 e. The van der Waals surface area contributed by atoms with Crippen LogP contribution in [0.25, 0.3) is 0 Å². The van der Waals surface area contributed by atoms with Crippen molar-refractivity contribution in [1.29, 1.82) is 0 Å². The summed E-state index contributed by atoms with van der Waals surface area (Å²) in [6, 6.07) is 8.66. The normalized spacial score (nSPS) is 10.2. The number of Topliss-reactive ketones (excluding diaryl/α,β-unsaturated/α-hetero) is 1. The van der Waals surface area contributed by atoms with E-state index in [1.54, 1.807) is 30.5 Å². The van der Waals surface area contributed by atoms with Crippen LogP contribution in [0.1, 0.15) is 16.1 Å². The van der Waals surface area contributed by atoms with E-state index in [9.17, 15) is 4.79 Å². The lowest BCUT2D eigenvalue weighted by atomic mass is 10.1. The van der Waals surface area contributed by atoms with Gasteiger partial charge >= 0.3 is 0 Å². The van der Waals surface area contributed by atoms with Crippen molar-refractivity contribution in [2.45, 2.75) is 6.42 Å². The van der Waals surface area contributed by atoms with E-state index in [1.165, 1.54) is 14.2 Å². The number of carbonyl (C=O) groups is 1. The van der Waals surface area contributed by atoms with Gasteiger partial charge in [-0.15, -0.1) is 0 Å². The van der Waals surface area contributed by atoms with Crippen molar-refractivity contribution >= 4 is 17.4 Å². The van der Waals surface area contributed by atoms with Gasteiger partial charge in [0, 0.05) is 17.5 Å². The zero-order valence-electron chi connectivity index (χ0n) is 11.2. The number of halogens is 1. The van der Waals surface area contributed by atoms with Crippen LogP contribution in [-0.2, 0) is 6.42 Å². The molecule has 0 bridgehead atoms. The summed E-state index contributed by atoms with van der Waals surface area (Å²) in [4.78, 5) is 16.4. The molecule has 0 aliphatic carbocycles. The summed E-state index contributed by atoms with van der Waals surface area (Å²) in [6.45, 7) is 0. The summed E-state index contributed by atoms with van der Waals surface area (Å²) in [6.07, 6.45) is 1.87. The van der Waals surface area contributed by atoms with E-state index in [-0.39, 0.29) is 12.2 Å². The Morgan fingerprint density at radius 3 is 2.65 bits per heavy atom. The minimum atomic E-state index is -0.0773. The molecule has 0 aliphatic heterocycles. The fourth-order valence-corrected chi connectivity index (χ4v) is 2.14. The van der Waals surface area contributed by atoms with Crippen molar-refractivity contribution in [3.63, 3.8) is 0 Å². The first-order valence-corrected chi connectivity index (χ1v) is 6.38. The summed E-state index contributed by atoms with van der Waals surface area (Å²) in [5, 5.41) is 0.344. The second kappa shape index (κ2) is 6.39. The van der Waals surface area contributed by atoms with E-state index in [2.05, 4.69) is 4.98 Å². The number of hydrogen-bond donors (Lipinski definition) is 0. The number of carbonyl (C=O) groups excluding carboxylic acids is 1. The Hall–Kier alpha value is -2.07. The molecule has 2 aromatic rings. The van der Waals surface area contributed by atoms with Gasteiger partial charge in [-0.25, -0.2) is 0 Å². The van der Waals surface area contributed by atoms with Crippen molar-refractivity contribution < 1.29 is 14.3 Å². The van der Waals surface area contributed by atoms with Gasteiger partial charge in [0.05, 0.1) is 25.7 Å². The van der Waals surface area contributed by atoms with E-state index in [0.29, 0.717) is 27.8 Å². The standard InChI is InChI=1S/C15H14ClNO3/c1-19-14-8-10(7-12(16)15(14)20-2)13(18)9-11-5-3-4-6-17-11/h3-8H,9H2,1-2H3. The zero-order valence-corrected chi connectivity index (χ0v) is 12.0. The SMILES string of the molecule is COc1cc(C(=O)Cc2ccccn2)cc(Cl)c1OC. The molecule has 20 heavy (non-hydrogen) atoms. The van der Waals surface area contributed by atoms with Crippen molar-refractivity contribution in [2.75, 3.05) is 14.2 Å². The van der Waals surface area contributed by atoms with Crippen LogP contribution in [0.2, 0.25) is 5.02 Å². The first kappa shape index (κ1) is 14.3. The lowest BCUT2D eigenvalue weighted by Gasteiger charge is -2.11. The monoisotopic (exact) mass is 291 g/mol. The first-order chi connectivity index (χ1) is 9.65. The Morgan fingerprint density at radius 1 is 1.25 bits per heavy atom. The van der Waals surface area contributed by atoms with Gasteiger partial charge in [-0.2, -0.15) is 0 Å². The van der Waals surface area contributed by atoms with E-state index in [0.717, 1.165) is 0 Å². The lowest BCUT2D eigenvalue weighted by Crippen LogP contribution is -2.06. The Balaban J connectivity index is 2.29. The first-order valence-electron chi connectivity index (χ1n) is 6.00. The van der Waals surface area contributed by atoms with Crippen molar-refractivity contribution in [1.82, 2.24) is 4.98 Å². The summed E-state index contributed by atoms with van der Waals surface area (Å²) in [5.41, 5.74) is 1.18. The molecule has 0 radical (unpaired) electrons. The molecule has 1 heterocycles. The third-order valence-corrected chi connectivity index (χ3v) is 3.10. The van der Waals surface area contributed by atoms with Crippen LogP contribution in [0, 0.1) is 0 Å². The predicted octanol–water partition coefficient (Wildman–Crippen LogP) is 3.18. The van der Waals surface area contributed by atoms with Crippen molar-refractivity contribution in [3.05, 3.63) is 52.8 Å². The molecule has 5 heteroatoms. The highest BCUT2D eigenvalue weighted by Gasteiger charge is 2.15. The number of nitrogens with zero attached hydrogens (tertiary/aromatic N) is 1. The van der Waals surface area contributed by atoms with Gasteiger partial charge < -0.3 is 9.47 Å². The second-order valence-corrected chi connectivity index (χ2v) is 4.52. The summed E-state index contributed by atoms with van der Waals surface area (Å²) < 4.78 is 10.3. The minimum Gasteiger partial charge on any atom is -0.493 e. The van der Waals surface area contributed by atoms with E-state index in [4.69, 9.17) is 21.1 Å². The van der Waals surface area contributed by atoms with Gasteiger partial charge in [-0.05, 0) is 24.3 Å². The van der Waals surface area contributed by atoms with Crippen LogP contribution in [-0.4, -0.2) is 25.0 Å².